The van der Waals surface area contributed by atoms with Crippen LogP contribution < -0.4 is 10.2 Å². The highest BCUT2D eigenvalue weighted by molar-refractivity contribution is 9.10. The molecule has 0 bridgehead atoms. The van der Waals surface area contributed by atoms with Gasteiger partial charge in [-0.3, -0.25) is 0 Å². The van der Waals surface area contributed by atoms with Crippen LogP contribution in [0.15, 0.2) is 22.7 Å². The third kappa shape index (κ3) is 3.73. The Kier molecular flexibility index (Phi) is 4.57. The highest BCUT2D eigenvalue weighted by Gasteiger charge is 2.23. The molecule has 1 aliphatic carbocycles. The highest BCUT2D eigenvalue weighted by atomic mass is 79.9. The minimum Gasteiger partial charge on any atom is -0.369 e. The largest absolute Gasteiger partial charge is 0.369 e. The highest BCUT2D eigenvalue weighted by Crippen LogP contribution is 2.29. The molecule has 3 heteroatoms. The lowest BCUT2D eigenvalue weighted by Crippen LogP contribution is -2.40. The van der Waals surface area contributed by atoms with Crippen molar-refractivity contribution in [3.63, 3.8) is 0 Å². The third-order valence-corrected chi connectivity index (χ3v) is 5.09. The van der Waals surface area contributed by atoms with Gasteiger partial charge in [-0.2, -0.15) is 0 Å². The lowest BCUT2D eigenvalue weighted by molar-refractivity contribution is 0.470. The van der Waals surface area contributed by atoms with E-state index in [4.69, 9.17) is 0 Å². The quantitative estimate of drug-likeness (QED) is 0.838. The van der Waals surface area contributed by atoms with E-state index >= 15 is 0 Å². The maximum atomic E-state index is 3.71. The van der Waals surface area contributed by atoms with Crippen LogP contribution in [0.2, 0.25) is 0 Å². The third-order valence-electron chi connectivity index (χ3n) is 4.36. The van der Waals surface area contributed by atoms with Gasteiger partial charge >= 0.3 is 0 Å². The molecule has 0 amide bonds. The summed E-state index contributed by atoms with van der Waals surface area (Å²) in [6.07, 6.45) is 3.80. The average molecular weight is 325 g/mol. The summed E-state index contributed by atoms with van der Waals surface area (Å²) in [4.78, 5) is 2.36. The Morgan fingerprint density at radius 2 is 2.05 bits per heavy atom. The van der Waals surface area contributed by atoms with Crippen LogP contribution in [0.3, 0.4) is 0 Å². The van der Waals surface area contributed by atoms with Gasteiger partial charge in [-0.25, -0.2) is 0 Å². The van der Waals surface area contributed by atoms with Crippen LogP contribution in [-0.4, -0.2) is 18.6 Å². The van der Waals surface area contributed by atoms with Gasteiger partial charge in [-0.1, -0.05) is 28.9 Å². The van der Waals surface area contributed by atoms with Crippen molar-refractivity contribution in [3.05, 3.63) is 28.2 Å². The summed E-state index contributed by atoms with van der Waals surface area (Å²) in [6, 6.07) is 7.46. The fraction of sp³-hybridized carbons (Fsp3) is 0.625. The molecule has 0 aromatic heterocycles. The smallest absolute Gasteiger partial charge is 0.0379 e. The van der Waals surface area contributed by atoms with Crippen LogP contribution >= 0.6 is 15.9 Å². The summed E-state index contributed by atoms with van der Waals surface area (Å²) in [6.45, 7) is 7.76. The van der Waals surface area contributed by atoms with Crippen LogP contribution in [0.4, 0.5) is 5.69 Å². The molecule has 1 N–H and O–H groups in total. The Hall–Kier alpha value is -0.540. The molecular weight excluding hydrogens is 300 g/mol. The van der Waals surface area contributed by atoms with E-state index in [0.717, 1.165) is 19.0 Å². The monoisotopic (exact) mass is 324 g/mol. The molecular formula is C16H25BrN2. The molecule has 1 aliphatic rings. The van der Waals surface area contributed by atoms with Gasteiger partial charge in [0.15, 0.2) is 0 Å². The van der Waals surface area contributed by atoms with Crippen molar-refractivity contribution >= 4 is 21.6 Å². The topological polar surface area (TPSA) is 15.3 Å². The molecule has 0 radical (unpaired) electrons. The van der Waals surface area contributed by atoms with Gasteiger partial charge in [0.05, 0.1) is 0 Å². The second-order valence-electron chi connectivity index (χ2n) is 6.16. The van der Waals surface area contributed by atoms with Crippen LogP contribution in [-0.2, 0) is 6.54 Å². The van der Waals surface area contributed by atoms with E-state index in [-0.39, 0.29) is 5.54 Å². The van der Waals surface area contributed by atoms with Gasteiger partial charge in [0.1, 0.15) is 0 Å². The molecule has 1 aromatic carbocycles. The Bertz CT molecular complexity index is 438. The molecule has 0 aliphatic heterocycles. The maximum Gasteiger partial charge on any atom is 0.0379 e. The summed E-state index contributed by atoms with van der Waals surface area (Å²) in [5, 5.41) is 3.56. The molecule has 1 saturated carbocycles. The lowest BCUT2D eigenvalue weighted by Gasteiger charge is -2.37. The first-order valence-corrected chi connectivity index (χ1v) is 7.99. The van der Waals surface area contributed by atoms with E-state index in [1.807, 2.05) is 0 Å². The van der Waals surface area contributed by atoms with E-state index in [1.165, 1.54) is 28.6 Å². The van der Waals surface area contributed by atoms with E-state index in [0.29, 0.717) is 0 Å². The maximum absolute atomic E-state index is 3.71. The number of anilines is 1. The van der Waals surface area contributed by atoms with Gasteiger partial charge in [-0.15, -0.1) is 0 Å². The number of nitrogens with zero attached hydrogens (tertiary/aromatic N) is 1. The first kappa shape index (κ1) is 14.9. The van der Waals surface area contributed by atoms with Gasteiger partial charge in [0.2, 0.25) is 0 Å². The minimum atomic E-state index is 0.188. The van der Waals surface area contributed by atoms with Crippen molar-refractivity contribution in [2.45, 2.75) is 58.2 Å². The van der Waals surface area contributed by atoms with Crippen molar-refractivity contribution in [1.29, 1.82) is 0 Å². The number of benzene rings is 1. The molecule has 1 aromatic rings. The van der Waals surface area contributed by atoms with Crippen molar-refractivity contribution in [2.24, 2.45) is 0 Å². The summed E-state index contributed by atoms with van der Waals surface area (Å²) >= 11 is 3.71. The van der Waals surface area contributed by atoms with E-state index in [2.05, 4.69) is 72.2 Å². The summed E-state index contributed by atoms with van der Waals surface area (Å²) in [7, 11) is 2.17. The lowest BCUT2D eigenvalue weighted by atomic mass is 9.99. The van der Waals surface area contributed by atoms with Gasteiger partial charge < -0.3 is 10.2 Å². The van der Waals surface area contributed by atoms with Crippen molar-refractivity contribution in [2.75, 3.05) is 11.9 Å². The van der Waals surface area contributed by atoms with Crippen molar-refractivity contribution in [1.82, 2.24) is 5.32 Å². The van der Waals surface area contributed by atoms with Crippen molar-refractivity contribution < 1.29 is 0 Å². The van der Waals surface area contributed by atoms with E-state index in [9.17, 15) is 0 Å². The first-order chi connectivity index (χ1) is 8.94. The van der Waals surface area contributed by atoms with E-state index < -0.39 is 0 Å². The van der Waals surface area contributed by atoms with Crippen LogP contribution in [0.25, 0.3) is 0 Å². The summed E-state index contributed by atoms with van der Waals surface area (Å²) in [5.74, 6) is 0. The summed E-state index contributed by atoms with van der Waals surface area (Å²) < 4.78 is 1.21. The molecule has 1 fully saturated rings. The minimum absolute atomic E-state index is 0.188. The fourth-order valence-electron chi connectivity index (χ4n) is 2.02. The van der Waals surface area contributed by atoms with Crippen molar-refractivity contribution in [3.8, 4) is 0 Å². The molecule has 19 heavy (non-hydrogen) atoms. The average Bonchev–Trinajstić information content (AvgIpc) is 3.20. The van der Waals surface area contributed by atoms with Gasteiger partial charge in [0, 0.05) is 35.3 Å². The molecule has 2 rings (SSSR count). The number of hydrogen-bond acceptors (Lipinski definition) is 2. The van der Waals surface area contributed by atoms with Crippen LogP contribution in [0.1, 0.15) is 45.6 Å². The van der Waals surface area contributed by atoms with Crippen LogP contribution in [0.5, 0.6) is 0 Å². The zero-order chi connectivity index (χ0) is 14.0. The Morgan fingerprint density at radius 1 is 1.37 bits per heavy atom. The Morgan fingerprint density at radius 3 is 2.58 bits per heavy atom. The zero-order valence-corrected chi connectivity index (χ0v) is 14.0. The number of halogens is 1. The predicted octanol–water partition coefficient (Wildman–Crippen LogP) is 4.33. The zero-order valence-electron chi connectivity index (χ0n) is 12.5. The first-order valence-electron chi connectivity index (χ1n) is 7.19. The second-order valence-corrected chi connectivity index (χ2v) is 7.01. The SMILES string of the molecule is CCC(C)(C)N(C)c1ccc(CNC2CC2)c(Br)c1. The molecule has 106 valence electrons. The number of rotatable bonds is 6. The summed E-state index contributed by atoms with van der Waals surface area (Å²) in [5.41, 5.74) is 2.81. The number of nitrogens with one attached hydrogen (secondary N) is 1. The fourth-order valence-corrected chi connectivity index (χ4v) is 2.52. The molecule has 2 nitrogen and oxygen atoms in total. The normalized spacial score (nSPS) is 15.6. The molecule has 0 spiro atoms. The number of hydrogen-bond donors (Lipinski definition) is 1. The van der Waals surface area contributed by atoms with Gasteiger partial charge in [0.25, 0.3) is 0 Å². The van der Waals surface area contributed by atoms with Gasteiger partial charge in [-0.05, 0) is 50.8 Å². The predicted molar refractivity (Wildman–Crippen MR) is 86.8 cm³/mol. The molecule has 0 atom stereocenters. The molecule has 0 unspecified atom stereocenters. The Balaban J connectivity index is 2.08. The molecule has 0 saturated heterocycles. The van der Waals surface area contributed by atoms with Crippen LogP contribution in [0, 0.1) is 0 Å². The standard InChI is InChI=1S/C16H25BrN2/c1-5-16(2,3)19(4)14-9-6-12(15(17)10-14)11-18-13-7-8-13/h6,9-10,13,18H,5,7-8,11H2,1-4H3. The second kappa shape index (κ2) is 5.84. The Labute approximate surface area is 125 Å². The van der Waals surface area contributed by atoms with E-state index in [1.54, 1.807) is 0 Å². The molecule has 0 heterocycles.